The maximum absolute atomic E-state index is 12.3. The Morgan fingerprint density at radius 1 is 1.05 bits per heavy atom. The fourth-order valence-corrected chi connectivity index (χ4v) is 1.74. The zero-order valence-corrected chi connectivity index (χ0v) is 14.3. The Hall–Kier alpha value is -1.06. The van der Waals surface area contributed by atoms with Gasteiger partial charge in [0.05, 0.1) is 6.61 Å². The molecule has 0 radical (unpaired) electrons. The summed E-state index contributed by atoms with van der Waals surface area (Å²) in [7, 11) is 0. The number of carbonyl (C=O) groups is 2. The SMILES string of the molecule is CCOC(=O)C(C(=O)NCC(C)C(C)(C)C)C(C)(C)C. The number of nitrogens with one attached hydrogen (secondary N) is 1. The Kier molecular flexibility index (Phi) is 6.72. The van der Waals surface area contributed by atoms with Crippen LogP contribution in [0.25, 0.3) is 0 Å². The van der Waals surface area contributed by atoms with Gasteiger partial charge in [-0.25, -0.2) is 0 Å². The van der Waals surface area contributed by atoms with E-state index in [1.807, 2.05) is 20.8 Å². The first-order valence-electron chi connectivity index (χ1n) is 7.35. The molecule has 0 heterocycles. The van der Waals surface area contributed by atoms with Crippen LogP contribution in [-0.2, 0) is 14.3 Å². The summed E-state index contributed by atoms with van der Waals surface area (Å²) >= 11 is 0. The average molecular weight is 285 g/mol. The van der Waals surface area contributed by atoms with Crippen LogP contribution in [0.4, 0.5) is 0 Å². The van der Waals surface area contributed by atoms with Crippen molar-refractivity contribution in [2.24, 2.45) is 22.7 Å². The molecule has 0 aliphatic heterocycles. The van der Waals surface area contributed by atoms with E-state index in [1.54, 1.807) is 6.92 Å². The standard InChI is InChI=1S/C16H31NO3/c1-9-20-14(19)12(16(6,7)8)13(18)17-10-11(2)15(3,4)5/h11-12H,9-10H2,1-8H3,(H,17,18). The summed E-state index contributed by atoms with van der Waals surface area (Å²) in [4.78, 5) is 24.3. The highest BCUT2D eigenvalue weighted by atomic mass is 16.5. The maximum atomic E-state index is 12.3. The van der Waals surface area contributed by atoms with Gasteiger partial charge in [-0.1, -0.05) is 48.5 Å². The summed E-state index contributed by atoms with van der Waals surface area (Å²) in [6.45, 7) is 16.7. The van der Waals surface area contributed by atoms with Gasteiger partial charge in [0.2, 0.25) is 5.91 Å². The zero-order valence-electron chi connectivity index (χ0n) is 14.3. The molecule has 118 valence electrons. The normalized spacial score (nSPS) is 15.4. The van der Waals surface area contributed by atoms with Crippen LogP contribution >= 0.6 is 0 Å². The molecule has 0 rings (SSSR count). The second-order valence-electron chi connectivity index (χ2n) is 7.56. The van der Waals surface area contributed by atoms with Crippen molar-refractivity contribution >= 4 is 11.9 Å². The molecule has 0 aromatic rings. The van der Waals surface area contributed by atoms with Crippen LogP contribution in [0.15, 0.2) is 0 Å². The van der Waals surface area contributed by atoms with E-state index in [1.165, 1.54) is 0 Å². The quantitative estimate of drug-likeness (QED) is 0.624. The van der Waals surface area contributed by atoms with Crippen LogP contribution in [-0.4, -0.2) is 25.0 Å². The van der Waals surface area contributed by atoms with Gasteiger partial charge in [0.1, 0.15) is 5.92 Å². The minimum absolute atomic E-state index is 0.119. The van der Waals surface area contributed by atoms with Crippen LogP contribution in [0.5, 0.6) is 0 Å². The molecule has 0 fully saturated rings. The summed E-state index contributed by atoms with van der Waals surface area (Å²) in [5, 5.41) is 2.90. The predicted octanol–water partition coefficient (Wildman–Crippen LogP) is 3.01. The monoisotopic (exact) mass is 285 g/mol. The summed E-state index contributed by atoms with van der Waals surface area (Å²) in [5.74, 6) is -1.13. The van der Waals surface area contributed by atoms with Gasteiger partial charge < -0.3 is 10.1 Å². The number of carbonyl (C=O) groups excluding carboxylic acids is 2. The number of ether oxygens (including phenoxy) is 1. The molecule has 0 saturated heterocycles. The second kappa shape index (κ2) is 7.09. The van der Waals surface area contributed by atoms with E-state index in [-0.39, 0.29) is 17.9 Å². The fourth-order valence-electron chi connectivity index (χ4n) is 1.74. The first-order valence-corrected chi connectivity index (χ1v) is 7.35. The molecule has 0 bridgehead atoms. The van der Waals surface area contributed by atoms with Crippen molar-refractivity contribution in [3.63, 3.8) is 0 Å². The Morgan fingerprint density at radius 3 is 1.90 bits per heavy atom. The minimum atomic E-state index is -0.769. The molecule has 4 heteroatoms. The second-order valence-corrected chi connectivity index (χ2v) is 7.56. The number of esters is 1. The summed E-state index contributed by atoms with van der Waals surface area (Å²) in [6, 6.07) is 0. The van der Waals surface area contributed by atoms with Crippen molar-refractivity contribution in [3.05, 3.63) is 0 Å². The van der Waals surface area contributed by atoms with Crippen molar-refractivity contribution < 1.29 is 14.3 Å². The van der Waals surface area contributed by atoms with Crippen LogP contribution in [0, 0.1) is 22.7 Å². The highest BCUT2D eigenvalue weighted by Crippen LogP contribution is 2.28. The van der Waals surface area contributed by atoms with Crippen LogP contribution in [0.2, 0.25) is 0 Å². The van der Waals surface area contributed by atoms with Gasteiger partial charge in [-0.2, -0.15) is 0 Å². The summed E-state index contributed by atoms with van der Waals surface area (Å²) < 4.78 is 5.03. The fraction of sp³-hybridized carbons (Fsp3) is 0.875. The molecule has 0 aromatic heterocycles. The lowest BCUT2D eigenvalue weighted by atomic mass is 9.79. The molecule has 20 heavy (non-hydrogen) atoms. The number of hydrogen-bond donors (Lipinski definition) is 1. The van der Waals surface area contributed by atoms with Gasteiger partial charge >= 0.3 is 5.97 Å². The number of rotatable bonds is 5. The average Bonchev–Trinajstić information content (AvgIpc) is 2.22. The molecule has 1 amide bonds. The Bertz CT molecular complexity index is 337. The molecule has 0 aliphatic carbocycles. The van der Waals surface area contributed by atoms with E-state index in [0.29, 0.717) is 12.5 Å². The van der Waals surface area contributed by atoms with Gasteiger partial charge in [0, 0.05) is 6.54 Å². The lowest BCUT2D eigenvalue weighted by molar-refractivity contribution is -0.156. The molecule has 4 nitrogen and oxygen atoms in total. The predicted molar refractivity (Wildman–Crippen MR) is 81.2 cm³/mol. The van der Waals surface area contributed by atoms with Crippen molar-refractivity contribution in [2.45, 2.75) is 55.4 Å². The highest BCUT2D eigenvalue weighted by Gasteiger charge is 2.39. The number of hydrogen-bond acceptors (Lipinski definition) is 3. The third kappa shape index (κ3) is 5.93. The van der Waals surface area contributed by atoms with E-state index in [0.717, 1.165) is 0 Å². The zero-order chi connectivity index (χ0) is 16.1. The maximum Gasteiger partial charge on any atom is 0.319 e. The molecular weight excluding hydrogens is 254 g/mol. The Morgan fingerprint density at radius 2 is 1.55 bits per heavy atom. The minimum Gasteiger partial charge on any atom is -0.465 e. The van der Waals surface area contributed by atoms with E-state index in [2.05, 4.69) is 33.0 Å². The van der Waals surface area contributed by atoms with Crippen molar-refractivity contribution in [1.82, 2.24) is 5.32 Å². The van der Waals surface area contributed by atoms with Crippen molar-refractivity contribution in [2.75, 3.05) is 13.2 Å². The smallest absolute Gasteiger partial charge is 0.319 e. The van der Waals surface area contributed by atoms with Crippen LogP contribution in [0.1, 0.15) is 55.4 Å². The van der Waals surface area contributed by atoms with Crippen molar-refractivity contribution in [1.29, 1.82) is 0 Å². The molecule has 1 N–H and O–H groups in total. The summed E-state index contributed by atoms with van der Waals surface area (Å²) in [6.07, 6.45) is 0. The highest BCUT2D eigenvalue weighted by molar-refractivity contribution is 5.98. The molecule has 2 atom stereocenters. The van der Waals surface area contributed by atoms with Gasteiger partial charge in [0.25, 0.3) is 0 Å². The van der Waals surface area contributed by atoms with Crippen molar-refractivity contribution in [3.8, 4) is 0 Å². The van der Waals surface area contributed by atoms with E-state index < -0.39 is 17.3 Å². The third-order valence-electron chi connectivity index (χ3n) is 3.71. The largest absolute Gasteiger partial charge is 0.465 e. The van der Waals surface area contributed by atoms with E-state index >= 15 is 0 Å². The van der Waals surface area contributed by atoms with E-state index in [4.69, 9.17) is 4.74 Å². The Balaban J connectivity index is 4.79. The lowest BCUT2D eigenvalue weighted by Crippen LogP contribution is -2.45. The van der Waals surface area contributed by atoms with Crippen LogP contribution < -0.4 is 5.32 Å². The first-order chi connectivity index (χ1) is 8.91. The lowest BCUT2D eigenvalue weighted by Gasteiger charge is -2.30. The molecule has 2 unspecified atom stereocenters. The van der Waals surface area contributed by atoms with Gasteiger partial charge in [-0.3, -0.25) is 9.59 Å². The number of amides is 1. The molecule has 0 saturated carbocycles. The molecular formula is C16H31NO3. The molecule has 0 spiro atoms. The third-order valence-corrected chi connectivity index (χ3v) is 3.71. The summed E-state index contributed by atoms with van der Waals surface area (Å²) in [5.41, 5.74) is -0.338. The van der Waals surface area contributed by atoms with Crippen LogP contribution in [0.3, 0.4) is 0 Å². The van der Waals surface area contributed by atoms with Gasteiger partial charge in [-0.15, -0.1) is 0 Å². The first kappa shape index (κ1) is 18.9. The topological polar surface area (TPSA) is 55.4 Å². The van der Waals surface area contributed by atoms with Gasteiger partial charge in [0.15, 0.2) is 0 Å². The van der Waals surface area contributed by atoms with Gasteiger partial charge in [-0.05, 0) is 23.7 Å². The Labute approximate surface area is 123 Å². The van der Waals surface area contributed by atoms with E-state index in [9.17, 15) is 9.59 Å². The molecule has 0 aliphatic rings. The molecule has 0 aromatic carbocycles.